The van der Waals surface area contributed by atoms with Gasteiger partial charge in [-0.2, -0.15) is 27.2 Å². The molecule has 1 aromatic carbocycles. The van der Waals surface area contributed by atoms with Crippen LogP contribution in [0.4, 0.5) is 26.7 Å². The highest BCUT2D eigenvalue weighted by Crippen LogP contribution is 2.43. The maximum Gasteiger partial charge on any atom is 0.455 e. The first-order valence-corrected chi connectivity index (χ1v) is 9.79. The van der Waals surface area contributed by atoms with Gasteiger partial charge in [0, 0.05) is 6.54 Å². The fourth-order valence-corrected chi connectivity index (χ4v) is 4.53. The van der Waals surface area contributed by atoms with Crippen LogP contribution in [-0.2, 0) is 11.3 Å². The predicted molar refractivity (Wildman–Crippen MR) is 98.2 cm³/mol. The van der Waals surface area contributed by atoms with E-state index < -0.39 is 30.3 Å². The third-order valence-corrected chi connectivity index (χ3v) is 5.96. The van der Waals surface area contributed by atoms with E-state index in [1.165, 1.54) is 0 Å². The number of hydrogen-bond donors (Lipinski definition) is 0. The Morgan fingerprint density at radius 2 is 2.06 bits per heavy atom. The lowest BCUT2D eigenvalue weighted by Crippen LogP contribution is -2.48. The van der Waals surface area contributed by atoms with Crippen LogP contribution in [0.15, 0.2) is 24.5 Å². The van der Waals surface area contributed by atoms with Crippen LogP contribution in [0.2, 0.25) is 0 Å². The van der Waals surface area contributed by atoms with Crippen molar-refractivity contribution in [1.82, 2.24) is 14.5 Å². The molecule has 1 aliphatic heterocycles. The first kappa shape index (κ1) is 21.3. The minimum absolute atomic E-state index is 0.00719. The molecule has 0 unspecified atom stereocenters. The molecule has 2 fully saturated rings. The van der Waals surface area contributed by atoms with E-state index in [9.17, 15) is 26.7 Å². The highest BCUT2D eigenvalue weighted by Gasteiger charge is 2.60. The molecule has 1 saturated carbocycles. The van der Waals surface area contributed by atoms with Crippen molar-refractivity contribution in [2.24, 2.45) is 5.92 Å². The molecule has 1 aliphatic carbocycles. The third kappa shape index (κ3) is 4.03. The van der Waals surface area contributed by atoms with E-state index in [2.05, 4.69) is 11.1 Å². The molecule has 0 bridgehead atoms. The van der Waals surface area contributed by atoms with E-state index in [1.54, 1.807) is 24.5 Å². The number of benzene rings is 1. The van der Waals surface area contributed by atoms with E-state index in [1.807, 2.05) is 4.57 Å². The molecule has 166 valence electrons. The fraction of sp³-hybridized carbons (Fsp3) is 0.550. The average molecular weight is 442 g/mol. The predicted octanol–water partition coefficient (Wildman–Crippen LogP) is 4.49. The Balaban J connectivity index is 1.48. The molecule has 2 aromatic rings. The van der Waals surface area contributed by atoms with E-state index in [4.69, 9.17) is 10.00 Å². The SMILES string of the molecule is N#Cc1ccc2ncn(C[C@H]3CCC[C@]4(C3)CN(CC(F)(F)C(F)(F)F)C(=O)O4)c2c1. The summed E-state index contributed by atoms with van der Waals surface area (Å²) in [5.74, 6) is -4.99. The summed E-state index contributed by atoms with van der Waals surface area (Å²) in [4.78, 5) is 16.8. The van der Waals surface area contributed by atoms with E-state index in [0.29, 0.717) is 36.3 Å². The van der Waals surface area contributed by atoms with Crippen molar-refractivity contribution < 1.29 is 31.5 Å². The second-order valence-corrected chi connectivity index (χ2v) is 8.28. The minimum atomic E-state index is -5.73. The summed E-state index contributed by atoms with van der Waals surface area (Å²) in [5.41, 5.74) is 0.904. The number of carbonyl (C=O) groups is 1. The normalized spacial score (nSPS) is 24.6. The maximum absolute atomic E-state index is 13.4. The van der Waals surface area contributed by atoms with Crippen molar-refractivity contribution in [3.05, 3.63) is 30.1 Å². The zero-order valence-electron chi connectivity index (χ0n) is 16.3. The molecular weight excluding hydrogens is 423 g/mol. The number of nitrogens with zero attached hydrogens (tertiary/aromatic N) is 4. The van der Waals surface area contributed by atoms with Gasteiger partial charge in [0.25, 0.3) is 0 Å². The van der Waals surface area contributed by atoms with Crippen LogP contribution in [0, 0.1) is 17.2 Å². The Labute approximate surface area is 174 Å². The van der Waals surface area contributed by atoms with Crippen LogP contribution in [0.3, 0.4) is 0 Å². The molecular formula is C20H19F5N4O2. The Bertz CT molecular complexity index is 1040. The van der Waals surface area contributed by atoms with Crippen LogP contribution in [0.25, 0.3) is 11.0 Å². The number of amides is 1. The first-order chi connectivity index (χ1) is 14.5. The third-order valence-electron chi connectivity index (χ3n) is 5.96. The summed E-state index contributed by atoms with van der Waals surface area (Å²) >= 11 is 0. The fourth-order valence-electron chi connectivity index (χ4n) is 4.53. The van der Waals surface area contributed by atoms with E-state index in [0.717, 1.165) is 17.5 Å². The molecule has 0 N–H and O–H groups in total. The van der Waals surface area contributed by atoms with Crippen molar-refractivity contribution >= 4 is 17.1 Å². The highest BCUT2D eigenvalue weighted by atomic mass is 19.4. The Morgan fingerprint density at radius 1 is 1.29 bits per heavy atom. The Kier molecular flexibility index (Phi) is 5.06. The van der Waals surface area contributed by atoms with Gasteiger partial charge in [0.1, 0.15) is 5.60 Å². The zero-order chi connectivity index (χ0) is 22.4. The molecule has 4 rings (SSSR count). The summed E-state index contributed by atoms with van der Waals surface area (Å²) in [6, 6.07) is 7.20. The van der Waals surface area contributed by atoms with E-state index >= 15 is 0 Å². The first-order valence-electron chi connectivity index (χ1n) is 9.79. The second kappa shape index (κ2) is 7.35. The molecule has 2 heterocycles. The second-order valence-electron chi connectivity index (χ2n) is 8.28. The summed E-state index contributed by atoms with van der Waals surface area (Å²) in [7, 11) is 0. The molecule has 1 saturated heterocycles. The molecule has 1 amide bonds. The van der Waals surface area contributed by atoms with Gasteiger partial charge in [-0.3, -0.25) is 4.90 Å². The smallest absolute Gasteiger partial charge is 0.441 e. The average Bonchev–Trinajstić information content (AvgIpc) is 3.21. The lowest BCUT2D eigenvalue weighted by Gasteiger charge is -2.36. The Morgan fingerprint density at radius 3 is 2.77 bits per heavy atom. The summed E-state index contributed by atoms with van der Waals surface area (Å²) in [6.07, 6.45) is -3.03. The number of imidazole rings is 1. The van der Waals surface area contributed by atoms with Gasteiger partial charge < -0.3 is 9.30 Å². The van der Waals surface area contributed by atoms with Crippen LogP contribution in [0.5, 0.6) is 0 Å². The summed E-state index contributed by atoms with van der Waals surface area (Å²) in [6.45, 7) is -1.54. The number of aromatic nitrogens is 2. The van der Waals surface area contributed by atoms with Gasteiger partial charge in [-0.05, 0) is 49.8 Å². The van der Waals surface area contributed by atoms with E-state index in [-0.39, 0.29) is 12.5 Å². The molecule has 1 aromatic heterocycles. The molecule has 2 atom stereocenters. The number of rotatable bonds is 4. The quantitative estimate of drug-likeness (QED) is 0.655. The molecule has 0 radical (unpaired) electrons. The minimum Gasteiger partial charge on any atom is -0.441 e. The standard InChI is InChI=1S/C20H19F5N4O2/c21-19(22,20(23,24)25)11-29-10-18(31-17(29)30)5-1-2-14(7-18)9-28-12-27-15-4-3-13(8-26)6-16(15)28/h3-4,6,12,14H,1-2,5,7,9-11H2/t14-,18-/m0/s1. The van der Waals surface area contributed by atoms with Gasteiger partial charge in [0.2, 0.25) is 0 Å². The maximum atomic E-state index is 13.4. The number of alkyl halides is 5. The zero-order valence-corrected chi connectivity index (χ0v) is 16.3. The number of halogens is 5. The molecule has 31 heavy (non-hydrogen) atoms. The van der Waals surface area contributed by atoms with Crippen molar-refractivity contribution in [3.8, 4) is 6.07 Å². The van der Waals surface area contributed by atoms with Gasteiger partial charge >= 0.3 is 18.2 Å². The van der Waals surface area contributed by atoms with Gasteiger partial charge in [-0.25, -0.2) is 9.78 Å². The molecule has 2 aliphatic rings. The summed E-state index contributed by atoms with van der Waals surface area (Å²) < 4.78 is 71.8. The van der Waals surface area contributed by atoms with Crippen LogP contribution < -0.4 is 0 Å². The highest BCUT2D eigenvalue weighted by molar-refractivity contribution is 5.77. The van der Waals surface area contributed by atoms with Gasteiger partial charge in [-0.15, -0.1) is 0 Å². The monoisotopic (exact) mass is 442 g/mol. The van der Waals surface area contributed by atoms with Crippen molar-refractivity contribution in [1.29, 1.82) is 5.26 Å². The van der Waals surface area contributed by atoms with Crippen molar-refractivity contribution in [3.63, 3.8) is 0 Å². The van der Waals surface area contributed by atoms with Crippen LogP contribution in [0.1, 0.15) is 31.2 Å². The molecule has 1 spiro atoms. The van der Waals surface area contributed by atoms with Gasteiger partial charge in [-0.1, -0.05) is 0 Å². The number of hydrogen-bond acceptors (Lipinski definition) is 4. The lowest BCUT2D eigenvalue weighted by atomic mass is 9.78. The topological polar surface area (TPSA) is 71.2 Å². The number of carbonyl (C=O) groups excluding carboxylic acids is 1. The Hall–Kier alpha value is -2.90. The largest absolute Gasteiger partial charge is 0.455 e. The summed E-state index contributed by atoms with van der Waals surface area (Å²) in [5, 5.41) is 9.11. The van der Waals surface area contributed by atoms with Crippen LogP contribution in [-0.4, -0.2) is 51.3 Å². The number of ether oxygens (including phenoxy) is 1. The van der Waals surface area contributed by atoms with Crippen LogP contribution >= 0.6 is 0 Å². The number of fused-ring (bicyclic) bond motifs is 1. The van der Waals surface area contributed by atoms with Gasteiger partial charge in [0.15, 0.2) is 0 Å². The molecule has 11 heteroatoms. The lowest BCUT2D eigenvalue weighted by molar-refractivity contribution is -0.284. The van der Waals surface area contributed by atoms with Gasteiger partial charge in [0.05, 0.1) is 42.1 Å². The van der Waals surface area contributed by atoms with Crippen molar-refractivity contribution in [2.45, 2.75) is 49.9 Å². The number of nitriles is 1. The van der Waals surface area contributed by atoms with Crippen molar-refractivity contribution in [2.75, 3.05) is 13.1 Å². The molecule has 6 nitrogen and oxygen atoms in total.